The molecule has 0 unspecified atom stereocenters. The standard InChI is InChI=1S/C14H19F3N2O/c15-14(16,17)9-3-4-10-19-13(20)8-7-11-5-1-2-6-12(11)18/h1-2,5-6H,3-4,7-10,18H2,(H,19,20). The molecule has 0 saturated carbocycles. The molecule has 3 nitrogen and oxygen atoms in total. The highest BCUT2D eigenvalue weighted by Crippen LogP contribution is 2.21. The maximum absolute atomic E-state index is 11.9. The van der Waals surface area contributed by atoms with Crippen LogP contribution in [0.25, 0.3) is 0 Å². The van der Waals surface area contributed by atoms with E-state index in [2.05, 4.69) is 5.32 Å². The van der Waals surface area contributed by atoms with E-state index in [1.165, 1.54) is 0 Å². The van der Waals surface area contributed by atoms with E-state index in [0.717, 1.165) is 5.56 Å². The van der Waals surface area contributed by atoms with Gasteiger partial charge in [0.15, 0.2) is 0 Å². The first kappa shape index (κ1) is 16.3. The number of carbonyl (C=O) groups is 1. The summed E-state index contributed by atoms with van der Waals surface area (Å²) in [5.74, 6) is -0.166. The largest absolute Gasteiger partial charge is 0.399 e. The van der Waals surface area contributed by atoms with Gasteiger partial charge in [-0.1, -0.05) is 18.2 Å². The normalized spacial score (nSPS) is 11.3. The predicted octanol–water partition coefficient (Wildman–Crippen LogP) is 3.05. The Hall–Kier alpha value is -1.72. The Kier molecular flexibility index (Phi) is 6.35. The van der Waals surface area contributed by atoms with Crippen LogP contribution in [0.1, 0.15) is 31.2 Å². The average molecular weight is 288 g/mol. The minimum absolute atomic E-state index is 0.0371. The van der Waals surface area contributed by atoms with Gasteiger partial charge in [-0.05, 0) is 30.9 Å². The summed E-state index contributed by atoms with van der Waals surface area (Å²) in [5.41, 5.74) is 7.30. The highest BCUT2D eigenvalue weighted by atomic mass is 19.4. The van der Waals surface area contributed by atoms with Crippen molar-refractivity contribution in [2.24, 2.45) is 0 Å². The van der Waals surface area contributed by atoms with E-state index < -0.39 is 12.6 Å². The van der Waals surface area contributed by atoms with Gasteiger partial charge >= 0.3 is 6.18 Å². The highest BCUT2D eigenvalue weighted by molar-refractivity contribution is 5.76. The summed E-state index contributed by atoms with van der Waals surface area (Å²) in [4.78, 5) is 11.5. The van der Waals surface area contributed by atoms with E-state index in [9.17, 15) is 18.0 Å². The molecule has 0 saturated heterocycles. The van der Waals surface area contributed by atoms with Crippen molar-refractivity contribution in [1.82, 2.24) is 5.32 Å². The van der Waals surface area contributed by atoms with Gasteiger partial charge in [-0.2, -0.15) is 13.2 Å². The summed E-state index contributed by atoms with van der Waals surface area (Å²) >= 11 is 0. The number of para-hydroxylation sites is 1. The van der Waals surface area contributed by atoms with Crippen LogP contribution in [0.15, 0.2) is 24.3 Å². The van der Waals surface area contributed by atoms with E-state index in [4.69, 9.17) is 5.73 Å². The molecule has 1 rings (SSSR count). The first-order chi connectivity index (χ1) is 9.38. The minimum atomic E-state index is -4.12. The number of nitrogens with one attached hydrogen (secondary N) is 1. The number of carbonyl (C=O) groups excluding carboxylic acids is 1. The maximum Gasteiger partial charge on any atom is 0.389 e. The lowest BCUT2D eigenvalue weighted by Crippen LogP contribution is -2.25. The number of nitrogen functional groups attached to an aromatic ring is 1. The summed E-state index contributed by atoms with van der Waals surface area (Å²) in [6.45, 7) is 0.277. The Morgan fingerprint density at radius 3 is 2.55 bits per heavy atom. The lowest BCUT2D eigenvalue weighted by molar-refractivity contribution is -0.135. The number of anilines is 1. The zero-order valence-corrected chi connectivity index (χ0v) is 11.2. The van der Waals surface area contributed by atoms with Crippen molar-refractivity contribution < 1.29 is 18.0 Å². The van der Waals surface area contributed by atoms with Crippen molar-refractivity contribution in [3.8, 4) is 0 Å². The average Bonchev–Trinajstić information content (AvgIpc) is 2.36. The summed E-state index contributed by atoms with van der Waals surface area (Å²) < 4.78 is 35.7. The molecule has 6 heteroatoms. The molecule has 0 bridgehead atoms. The van der Waals surface area contributed by atoms with Gasteiger partial charge in [0.2, 0.25) is 5.91 Å². The van der Waals surface area contributed by atoms with Gasteiger partial charge < -0.3 is 11.1 Å². The monoisotopic (exact) mass is 288 g/mol. The number of unbranched alkanes of at least 4 members (excludes halogenated alkanes) is 1. The van der Waals surface area contributed by atoms with Gasteiger partial charge in [-0.15, -0.1) is 0 Å². The molecule has 20 heavy (non-hydrogen) atoms. The van der Waals surface area contributed by atoms with Crippen LogP contribution in [-0.4, -0.2) is 18.6 Å². The van der Waals surface area contributed by atoms with Crippen molar-refractivity contribution in [3.63, 3.8) is 0 Å². The fourth-order valence-electron chi connectivity index (χ4n) is 1.78. The van der Waals surface area contributed by atoms with Gasteiger partial charge in [0.25, 0.3) is 0 Å². The molecule has 0 aliphatic heterocycles. The van der Waals surface area contributed by atoms with E-state index >= 15 is 0 Å². The number of rotatable bonds is 7. The zero-order valence-electron chi connectivity index (χ0n) is 11.2. The van der Waals surface area contributed by atoms with Crippen molar-refractivity contribution in [2.75, 3.05) is 12.3 Å². The lowest BCUT2D eigenvalue weighted by atomic mass is 10.1. The van der Waals surface area contributed by atoms with Crippen molar-refractivity contribution in [1.29, 1.82) is 0 Å². The molecule has 1 aromatic rings. The number of aryl methyl sites for hydroxylation is 1. The van der Waals surface area contributed by atoms with Gasteiger partial charge in [0, 0.05) is 25.1 Å². The quantitative estimate of drug-likeness (QED) is 0.598. The van der Waals surface area contributed by atoms with Gasteiger partial charge in [0.05, 0.1) is 0 Å². The number of alkyl halides is 3. The maximum atomic E-state index is 11.9. The second-order valence-corrected chi connectivity index (χ2v) is 4.62. The predicted molar refractivity (Wildman–Crippen MR) is 72.1 cm³/mol. The van der Waals surface area contributed by atoms with Crippen LogP contribution in [0.3, 0.4) is 0 Å². The van der Waals surface area contributed by atoms with E-state index in [1.807, 2.05) is 18.2 Å². The van der Waals surface area contributed by atoms with Crippen LogP contribution < -0.4 is 11.1 Å². The highest BCUT2D eigenvalue weighted by Gasteiger charge is 2.25. The number of nitrogens with two attached hydrogens (primary N) is 1. The Morgan fingerprint density at radius 1 is 1.20 bits per heavy atom. The molecular weight excluding hydrogens is 269 g/mol. The fraction of sp³-hybridized carbons (Fsp3) is 0.500. The van der Waals surface area contributed by atoms with Crippen LogP contribution in [-0.2, 0) is 11.2 Å². The van der Waals surface area contributed by atoms with Crippen molar-refractivity contribution in [2.45, 2.75) is 38.3 Å². The second-order valence-electron chi connectivity index (χ2n) is 4.62. The molecule has 3 N–H and O–H groups in total. The van der Waals surface area contributed by atoms with Gasteiger partial charge in [-0.3, -0.25) is 4.79 Å². The molecule has 1 amide bonds. The van der Waals surface area contributed by atoms with E-state index in [1.54, 1.807) is 6.07 Å². The first-order valence-electron chi connectivity index (χ1n) is 6.55. The zero-order chi connectivity index (χ0) is 15.0. The third-order valence-electron chi connectivity index (χ3n) is 2.89. The molecule has 1 aromatic carbocycles. The van der Waals surface area contributed by atoms with Crippen LogP contribution in [0.5, 0.6) is 0 Å². The molecule has 0 fully saturated rings. The molecular formula is C14H19F3N2O. The molecule has 0 atom stereocenters. The van der Waals surface area contributed by atoms with E-state index in [-0.39, 0.29) is 25.3 Å². The summed E-state index contributed by atoms with van der Waals surface area (Å²) in [7, 11) is 0. The third kappa shape index (κ3) is 7.01. The topological polar surface area (TPSA) is 55.1 Å². The molecule has 0 aliphatic rings. The molecule has 0 aliphatic carbocycles. The Bertz CT molecular complexity index is 433. The van der Waals surface area contributed by atoms with Crippen LogP contribution in [0.4, 0.5) is 18.9 Å². The fourth-order valence-corrected chi connectivity index (χ4v) is 1.78. The number of hydrogen-bond donors (Lipinski definition) is 2. The number of amides is 1. The van der Waals surface area contributed by atoms with Crippen LogP contribution >= 0.6 is 0 Å². The number of halogens is 3. The summed E-state index contributed by atoms with van der Waals surface area (Å²) in [5, 5.41) is 2.61. The molecule has 0 spiro atoms. The van der Waals surface area contributed by atoms with Gasteiger partial charge in [0.1, 0.15) is 0 Å². The summed E-state index contributed by atoms with van der Waals surface area (Å²) in [6, 6.07) is 7.29. The SMILES string of the molecule is Nc1ccccc1CCC(=O)NCCCCC(F)(F)F. The third-order valence-corrected chi connectivity index (χ3v) is 2.89. The molecule has 0 heterocycles. The van der Waals surface area contributed by atoms with Crippen molar-refractivity contribution >= 4 is 11.6 Å². The van der Waals surface area contributed by atoms with Crippen LogP contribution in [0, 0.1) is 0 Å². The molecule has 0 radical (unpaired) electrons. The van der Waals surface area contributed by atoms with Gasteiger partial charge in [-0.25, -0.2) is 0 Å². The molecule has 112 valence electrons. The van der Waals surface area contributed by atoms with Crippen molar-refractivity contribution in [3.05, 3.63) is 29.8 Å². The number of benzene rings is 1. The number of hydrogen-bond acceptors (Lipinski definition) is 2. The summed E-state index contributed by atoms with van der Waals surface area (Å²) in [6.07, 6.45) is -3.74. The Balaban J connectivity index is 2.14. The van der Waals surface area contributed by atoms with E-state index in [0.29, 0.717) is 18.5 Å². The Morgan fingerprint density at radius 2 is 1.90 bits per heavy atom. The second kappa shape index (κ2) is 7.77. The smallest absolute Gasteiger partial charge is 0.389 e. The van der Waals surface area contributed by atoms with Crippen LogP contribution in [0.2, 0.25) is 0 Å². The first-order valence-corrected chi connectivity index (χ1v) is 6.55. The molecule has 0 aromatic heterocycles. The lowest BCUT2D eigenvalue weighted by Gasteiger charge is -2.08. The minimum Gasteiger partial charge on any atom is -0.399 e. The Labute approximate surface area is 116 Å².